The predicted molar refractivity (Wildman–Crippen MR) is 119 cm³/mol. The molecule has 1 saturated heterocycles. The quantitative estimate of drug-likeness (QED) is 0.596. The van der Waals surface area contributed by atoms with Crippen molar-refractivity contribution in [3.63, 3.8) is 0 Å². The van der Waals surface area contributed by atoms with Gasteiger partial charge in [-0.05, 0) is 48.8 Å². The van der Waals surface area contributed by atoms with Crippen molar-refractivity contribution in [1.82, 2.24) is 19.9 Å². The molecule has 0 aromatic carbocycles. The minimum Gasteiger partial charge on any atom is -0.338 e. The van der Waals surface area contributed by atoms with Gasteiger partial charge in [-0.25, -0.2) is 0 Å². The topological polar surface area (TPSA) is 62.5 Å². The zero-order valence-corrected chi connectivity index (χ0v) is 18.6. The van der Waals surface area contributed by atoms with Crippen LogP contribution in [0.25, 0.3) is 11.4 Å². The predicted octanol–water partition coefficient (Wildman–Crippen LogP) is 4.48. The van der Waals surface area contributed by atoms with Crippen molar-refractivity contribution in [3.8, 4) is 11.4 Å². The Bertz CT molecular complexity index is 961. The van der Waals surface area contributed by atoms with Crippen LogP contribution in [0.4, 0.5) is 0 Å². The Balaban J connectivity index is 1.17. The monoisotopic (exact) mass is 442 g/mol. The van der Waals surface area contributed by atoms with Gasteiger partial charge in [0.25, 0.3) is 5.91 Å². The summed E-state index contributed by atoms with van der Waals surface area (Å²) in [7, 11) is 0. The Labute approximate surface area is 184 Å². The lowest BCUT2D eigenvalue weighted by atomic mass is 10.00. The maximum Gasteiger partial charge on any atom is 0.264 e. The number of rotatable bonds is 4. The highest BCUT2D eigenvalue weighted by molar-refractivity contribution is 7.14. The zero-order valence-electron chi connectivity index (χ0n) is 17.0. The highest BCUT2D eigenvalue weighted by Crippen LogP contribution is 2.29. The van der Waals surface area contributed by atoms with Crippen LogP contribution in [0.5, 0.6) is 0 Å². The molecular formula is C22H26N4O2S2. The Hall–Kier alpha value is -2.03. The first-order valence-corrected chi connectivity index (χ1v) is 12.5. The summed E-state index contributed by atoms with van der Waals surface area (Å²) in [5.74, 6) is 1.48. The van der Waals surface area contributed by atoms with Gasteiger partial charge in [0.05, 0.1) is 11.4 Å². The first-order chi connectivity index (χ1) is 14.8. The zero-order chi connectivity index (χ0) is 20.3. The number of hydrogen-bond acceptors (Lipinski definition) is 7. The van der Waals surface area contributed by atoms with Crippen LogP contribution in [0.3, 0.4) is 0 Å². The van der Waals surface area contributed by atoms with Crippen molar-refractivity contribution in [1.29, 1.82) is 0 Å². The molecule has 0 radical (unpaired) electrons. The summed E-state index contributed by atoms with van der Waals surface area (Å²) in [5, 5.41) is 8.11. The number of hydrogen-bond donors (Lipinski definition) is 0. The molecule has 0 saturated carbocycles. The fourth-order valence-electron chi connectivity index (χ4n) is 4.23. The molecule has 0 N–H and O–H groups in total. The van der Waals surface area contributed by atoms with Gasteiger partial charge in [0, 0.05) is 42.0 Å². The van der Waals surface area contributed by atoms with E-state index in [4.69, 9.17) is 4.52 Å². The number of amides is 1. The van der Waals surface area contributed by atoms with Crippen LogP contribution in [-0.4, -0.2) is 52.0 Å². The van der Waals surface area contributed by atoms with Crippen LogP contribution in [-0.2, 0) is 19.4 Å². The van der Waals surface area contributed by atoms with Crippen molar-refractivity contribution < 1.29 is 9.32 Å². The van der Waals surface area contributed by atoms with E-state index in [1.54, 1.807) is 22.7 Å². The average molecular weight is 443 g/mol. The van der Waals surface area contributed by atoms with Gasteiger partial charge in [0.15, 0.2) is 0 Å². The molecule has 5 rings (SSSR count). The van der Waals surface area contributed by atoms with Crippen LogP contribution in [0, 0.1) is 0 Å². The molecule has 6 nitrogen and oxygen atoms in total. The lowest BCUT2D eigenvalue weighted by Crippen LogP contribution is -2.48. The fraction of sp³-hybridized carbons (Fsp3) is 0.500. The third-order valence-corrected chi connectivity index (χ3v) is 7.88. The highest BCUT2D eigenvalue weighted by atomic mass is 32.1. The van der Waals surface area contributed by atoms with Gasteiger partial charge in [-0.2, -0.15) is 16.3 Å². The van der Waals surface area contributed by atoms with E-state index in [9.17, 15) is 4.79 Å². The Morgan fingerprint density at radius 1 is 1.10 bits per heavy atom. The van der Waals surface area contributed by atoms with Crippen LogP contribution in [0.2, 0.25) is 0 Å². The van der Waals surface area contributed by atoms with E-state index in [0.29, 0.717) is 18.3 Å². The second kappa shape index (κ2) is 8.99. The first kappa shape index (κ1) is 19.9. The SMILES string of the molecule is O=C(c1cc2c(s1)CCCCCC2)N1CCN(Cc2nc(-c3ccsc3)no2)CC1. The van der Waals surface area contributed by atoms with Gasteiger partial charge in [0.2, 0.25) is 11.7 Å². The van der Waals surface area contributed by atoms with E-state index in [1.807, 2.05) is 21.7 Å². The lowest BCUT2D eigenvalue weighted by Gasteiger charge is -2.33. The van der Waals surface area contributed by atoms with Crippen molar-refractivity contribution in [2.45, 2.75) is 45.1 Å². The minimum atomic E-state index is 0.198. The molecule has 0 unspecified atom stereocenters. The minimum absolute atomic E-state index is 0.198. The summed E-state index contributed by atoms with van der Waals surface area (Å²) in [6.45, 7) is 3.77. The summed E-state index contributed by atoms with van der Waals surface area (Å²) in [6.07, 6.45) is 7.40. The van der Waals surface area contributed by atoms with Gasteiger partial charge in [-0.3, -0.25) is 9.69 Å². The molecule has 1 aliphatic heterocycles. The standard InChI is InChI=1S/C22H26N4O2S2/c27-22(19-13-16-5-3-1-2-4-6-18(16)30-19)26-10-8-25(9-11-26)14-20-23-21(24-28-20)17-7-12-29-15-17/h7,12-13,15H,1-6,8-11,14H2. The smallest absolute Gasteiger partial charge is 0.264 e. The number of aromatic nitrogens is 2. The van der Waals surface area contributed by atoms with Crippen LogP contribution in [0.1, 0.15) is 51.7 Å². The summed E-state index contributed by atoms with van der Waals surface area (Å²) in [4.78, 5) is 24.2. The Morgan fingerprint density at radius 3 is 2.73 bits per heavy atom. The molecule has 30 heavy (non-hydrogen) atoms. The summed E-state index contributed by atoms with van der Waals surface area (Å²) >= 11 is 3.35. The number of aryl methyl sites for hydroxylation is 2. The molecule has 0 bridgehead atoms. The van der Waals surface area contributed by atoms with Crippen molar-refractivity contribution in [3.05, 3.63) is 44.1 Å². The fourth-order valence-corrected chi connectivity index (χ4v) is 6.09. The summed E-state index contributed by atoms with van der Waals surface area (Å²) in [5.41, 5.74) is 2.41. The van der Waals surface area contributed by atoms with E-state index in [2.05, 4.69) is 21.1 Å². The van der Waals surface area contributed by atoms with Crippen LogP contribution in [0.15, 0.2) is 27.4 Å². The molecule has 3 aromatic rings. The molecule has 1 fully saturated rings. The number of carbonyl (C=O) groups is 1. The van der Waals surface area contributed by atoms with E-state index in [1.165, 1.54) is 36.1 Å². The molecule has 4 heterocycles. The second-order valence-electron chi connectivity index (χ2n) is 8.07. The van der Waals surface area contributed by atoms with Crippen LogP contribution >= 0.6 is 22.7 Å². The average Bonchev–Trinajstić information content (AvgIpc) is 3.49. The molecule has 0 spiro atoms. The van der Waals surface area contributed by atoms with Crippen molar-refractivity contribution in [2.75, 3.05) is 26.2 Å². The van der Waals surface area contributed by atoms with E-state index < -0.39 is 0 Å². The van der Waals surface area contributed by atoms with Crippen molar-refractivity contribution in [2.24, 2.45) is 0 Å². The molecule has 1 aliphatic carbocycles. The normalized spacial score (nSPS) is 18.1. The molecule has 158 valence electrons. The van der Waals surface area contributed by atoms with Crippen molar-refractivity contribution >= 4 is 28.6 Å². The molecular weight excluding hydrogens is 416 g/mol. The van der Waals surface area contributed by atoms with E-state index in [-0.39, 0.29) is 5.91 Å². The number of piperazine rings is 1. The van der Waals surface area contributed by atoms with E-state index in [0.717, 1.165) is 49.5 Å². The third-order valence-electron chi connectivity index (χ3n) is 5.97. The summed E-state index contributed by atoms with van der Waals surface area (Å²) < 4.78 is 5.42. The highest BCUT2D eigenvalue weighted by Gasteiger charge is 2.25. The summed E-state index contributed by atoms with van der Waals surface area (Å²) in [6, 6.07) is 4.17. The van der Waals surface area contributed by atoms with Gasteiger partial charge in [-0.1, -0.05) is 18.0 Å². The van der Waals surface area contributed by atoms with Crippen LogP contribution < -0.4 is 0 Å². The van der Waals surface area contributed by atoms with E-state index >= 15 is 0 Å². The maximum atomic E-state index is 13.1. The first-order valence-electron chi connectivity index (χ1n) is 10.7. The molecule has 0 atom stereocenters. The molecule has 1 amide bonds. The van der Waals surface area contributed by atoms with Gasteiger partial charge < -0.3 is 9.42 Å². The Kier molecular flexibility index (Phi) is 5.97. The number of fused-ring (bicyclic) bond motifs is 1. The number of nitrogens with zero attached hydrogens (tertiary/aromatic N) is 4. The van der Waals surface area contributed by atoms with Gasteiger partial charge in [-0.15, -0.1) is 11.3 Å². The second-order valence-corrected chi connectivity index (χ2v) is 9.98. The van der Waals surface area contributed by atoms with Gasteiger partial charge >= 0.3 is 0 Å². The maximum absolute atomic E-state index is 13.1. The number of thiophene rings is 2. The lowest BCUT2D eigenvalue weighted by molar-refractivity contribution is 0.0619. The van der Waals surface area contributed by atoms with Gasteiger partial charge in [0.1, 0.15) is 0 Å². The molecule has 2 aliphatic rings. The molecule has 3 aromatic heterocycles. The Morgan fingerprint density at radius 2 is 1.93 bits per heavy atom. The molecule has 8 heteroatoms. The number of carbonyl (C=O) groups excluding carboxylic acids is 1. The third kappa shape index (κ3) is 4.36. The largest absolute Gasteiger partial charge is 0.338 e.